The predicted octanol–water partition coefficient (Wildman–Crippen LogP) is 1.69. The van der Waals surface area contributed by atoms with Gasteiger partial charge in [-0.05, 0) is 13.0 Å². The van der Waals surface area contributed by atoms with Crippen LogP contribution in [0.3, 0.4) is 0 Å². The maximum Gasteiger partial charge on any atom is 0.159 e. The van der Waals surface area contributed by atoms with Crippen LogP contribution in [-0.2, 0) is 21.1 Å². The van der Waals surface area contributed by atoms with Crippen molar-refractivity contribution < 1.29 is 25.9 Å². The zero-order chi connectivity index (χ0) is 6.69. The molecule has 0 amide bonds. The van der Waals surface area contributed by atoms with E-state index in [1.165, 1.54) is 0 Å². The van der Waals surface area contributed by atoms with Crippen molar-refractivity contribution in [2.45, 2.75) is 6.92 Å². The van der Waals surface area contributed by atoms with Crippen molar-refractivity contribution in [2.75, 3.05) is 0 Å². The summed E-state index contributed by atoms with van der Waals surface area (Å²) in [6, 6.07) is 9.81. The third kappa shape index (κ3) is 2.45. The van der Waals surface area contributed by atoms with Crippen LogP contribution < -0.4 is 0 Å². The van der Waals surface area contributed by atoms with Crippen LogP contribution in [0.4, 0.5) is 0 Å². The van der Waals surface area contributed by atoms with Gasteiger partial charge in [0.25, 0.3) is 0 Å². The zero-order valence-electron chi connectivity index (χ0n) is 5.53. The standard InChI is InChI=1S/C8H7O.Pt/c1-7(9)8-5-3-2-4-6-8;/h3-6H,1H3;. The first-order chi connectivity index (χ1) is 4.30. The van der Waals surface area contributed by atoms with E-state index in [0.29, 0.717) is 0 Å². The molecule has 55 valence electrons. The second-order valence-electron chi connectivity index (χ2n) is 1.84. The normalized spacial score (nSPS) is 8.10. The number of Topliss-reactive ketones (excluding diaryl/α,β-unsaturated/α-hetero) is 1. The number of hydrogen-bond acceptors (Lipinski definition) is 1. The summed E-state index contributed by atoms with van der Waals surface area (Å²) in [7, 11) is 0. The molecule has 0 aliphatic carbocycles. The molecule has 0 spiro atoms. The Morgan fingerprint density at radius 3 is 2.20 bits per heavy atom. The molecule has 0 saturated carbocycles. The van der Waals surface area contributed by atoms with Crippen LogP contribution >= 0.6 is 0 Å². The Bertz CT molecular complexity index is 206. The number of carbonyl (C=O) groups is 1. The molecular weight excluding hydrogens is 307 g/mol. The molecule has 0 aromatic heterocycles. The van der Waals surface area contributed by atoms with Crippen LogP contribution in [0, 0.1) is 6.07 Å². The van der Waals surface area contributed by atoms with E-state index in [1.54, 1.807) is 31.2 Å². The van der Waals surface area contributed by atoms with Gasteiger partial charge in [-0.2, -0.15) is 0 Å². The van der Waals surface area contributed by atoms with Gasteiger partial charge in [0, 0.05) is 26.6 Å². The van der Waals surface area contributed by atoms with Gasteiger partial charge in [0.1, 0.15) is 0 Å². The van der Waals surface area contributed by atoms with E-state index in [-0.39, 0.29) is 26.8 Å². The fourth-order valence-electron chi connectivity index (χ4n) is 0.622. The number of carbonyl (C=O) groups excluding carboxylic acids is 1. The van der Waals surface area contributed by atoms with Crippen molar-refractivity contribution in [2.24, 2.45) is 0 Å². The van der Waals surface area contributed by atoms with Gasteiger partial charge in [0.2, 0.25) is 0 Å². The molecule has 0 aliphatic rings. The third-order valence-electron chi connectivity index (χ3n) is 1.12. The van der Waals surface area contributed by atoms with E-state index in [0.717, 1.165) is 5.56 Å². The first-order valence-electron chi connectivity index (χ1n) is 2.78. The smallest absolute Gasteiger partial charge is 0.159 e. The molecule has 1 aromatic carbocycles. The quantitative estimate of drug-likeness (QED) is 0.721. The Morgan fingerprint density at radius 2 is 1.90 bits per heavy atom. The van der Waals surface area contributed by atoms with Gasteiger partial charge in [-0.1, -0.05) is 24.3 Å². The molecule has 0 atom stereocenters. The van der Waals surface area contributed by atoms with Gasteiger partial charge in [-0.25, -0.2) is 0 Å². The van der Waals surface area contributed by atoms with Crippen LogP contribution in [0.5, 0.6) is 0 Å². The van der Waals surface area contributed by atoms with Crippen LogP contribution in [0.1, 0.15) is 17.3 Å². The number of ketones is 1. The maximum absolute atomic E-state index is 10.6. The van der Waals surface area contributed by atoms with Gasteiger partial charge in [0.15, 0.2) is 5.78 Å². The molecule has 0 N–H and O–H groups in total. The van der Waals surface area contributed by atoms with E-state index in [1.807, 2.05) is 0 Å². The summed E-state index contributed by atoms with van der Waals surface area (Å²) in [4.78, 5) is 10.6. The van der Waals surface area contributed by atoms with Crippen LogP contribution in [-0.4, -0.2) is 5.78 Å². The second-order valence-corrected chi connectivity index (χ2v) is 1.84. The summed E-state index contributed by atoms with van der Waals surface area (Å²) < 4.78 is 0. The average molecular weight is 314 g/mol. The molecule has 2 heteroatoms. The molecule has 0 aliphatic heterocycles. The topological polar surface area (TPSA) is 17.1 Å². The third-order valence-corrected chi connectivity index (χ3v) is 1.12. The van der Waals surface area contributed by atoms with Crippen molar-refractivity contribution >= 4 is 5.78 Å². The van der Waals surface area contributed by atoms with Gasteiger partial charge in [-0.15, -0.1) is 0 Å². The van der Waals surface area contributed by atoms with E-state index in [2.05, 4.69) is 6.07 Å². The van der Waals surface area contributed by atoms with Crippen molar-refractivity contribution in [3.63, 3.8) is 0 Å². The van der Waals surface area contributed by atoms with Crippen molar-refractivity contribution in [3.05, 3.63) is 35.9 Å². The SMILES string of the molecule is CC(=O)c1cc[c]cc1.[Pt]. The summed E-state index contributed by atoms with van der Waals surface area (Å²) in [5, 5.41) is 0. The first kappa shape index (κ1) is 9.58. The van der Waals surface area contributed by atoms with E-state index in [4.69, 9.17) is 0 Å². The molecule has 0 fully saturated rings. The minimum atomic E-state index is 0. The van der Waals surface area contributed by atoms with Crippen LogP contribution in [0.15, 0.2) is 24.3 Å². The molecule has 10 heavy (non-hydrogen) atoms. The molecule has 0 bridgehead atoms. The molecule has 1 rings (SSSR count). The van der Waals surface area contributed by atoms with Gasteiger partial charge < -0.3 is 0 Å². The minimum absolute atomic E-state index is 0. The van der Waals surface area contributed by atoms with Gasteiger partial charge in [-0.3, -0.25) is 4.79 Å². The zero-order valence-corrected chi connectivity index (χ0v) is 7.81. The van der Waals surface area contributed by atoms with Crippen LogP contribution in [0.25, 0.3) is 0 Å². The molecule has 0 heterocycles. The predicted molar refractivity (Wildman–Crippen MR) is 35.3 cm³/mol. The van der Waals surface area contributed by atoms with E-state index < -0.39 is 0 Å². The Morgan fingerprint density at radius 1 is 1.40 bits per heavy atom. The summed E-state index contributed by atoms with van der Waals surface area (Å²) in [5.41, 5.74) is 0.744. The van der Waals surface area contributed by atoms with Crippen molar-refractivity contribution in [3.8, 4) is 0 Å². The molecule has 0 saturated heterocycles. The Kier molecular flexibility index (Phi) is 4.22. The fraction of sp³-hybridized carbons (Fsp3) is 0.125. The summed E-state index contributed by atoms with van der Waals surface area (Å²) in [6.07, 6.45) is 0. The monoisotopic (exact) mass is 314 g/mol. The second kappa shape index (κ2) is 4.40. The average Bonchev–Trinajstić information content (AvgIpc) is 1.90. The first-order valence-corrected chi connectivity index (χ1v) is 2.78. The fourth-order valence-corrected chi connectivity index (χ4v) is 0.622. The van der Waals surface area contributed by atoms with Gasteiger partial charge in [0.05, 0.1) is 0 Å². The summed E-state index contributed by atoms with van der Waals surface area (Å²) >= 11 is 0. The molecule has 1 nitrogen and oxygen atoms in total. The van der Waals surface area contributed by atoms with Gasteiger partial charge >= 0.3 is 0 Å². The Labute approximate surface area is 74.7 Å². The Balaban J connectivity index is 0.000000810. The van der Waals surface area contributed by atoms with Crippen molar-refractivity contribution in [1.82, 2.24) is 0 Å². The largest absolute Gasteiger partial charge is 0.295 e. The number of hydrogen-bond donors (Lipinski definition) is 0. The molecule has 1 aromatic rings. The number of benzene rings is 1. The van der Waals surface area contributed by atoms with E-state index in [9.17, 15) is 4.79 Å². The summed E-state index contributed by atoms with van der Waals surface area (Å²) in [6.45, 7) is 1.55. The minimum Gasteiger partial charge on any atom is -0.295 e. The molecule has 0 unspecified atom stereocenters. The number of rotatable bonds is 1. The summed E-state index contributed by atoms with van der Waals surface area (Å²) in [5.74, 6) is 0.101. The van der Waals surface area contributed by atoms with Crippen molar-refractivity contribution in [1.29, 1.82) is 0 Å². The molecular formula is C8H7OPt. The van der Waals surface area contributed by atoms with E-state index >= 15 is 0 Å². The maximum atomic E-state index is 10.6. The van der Waals surface area contributed by atoms with Crippen LogP contribution in [0.2, 0.25) is 0 Å². The molecule has 1 radical (unpaired) electrons. The Hall–Kier alpha value is -0.422.